The maximum atomic E-state index is 11.5. The number of phenolic OH excluding ortho intramolecular Hbond substituents is 3. The van der Waals surface area contributed by atoms with Gasteiger partial charge in [0.1, 0.15) is 0 Å². The Balaban J connectivity index is 3.03. The van der Waals surface area contributed by atoms with Gasteiger partial charge in [-0.1, -0.05) is 0 Å². The first-order valence-electron chi connectivity index (χ1n) is 5.94. The third-order valence-electron chi connectivity index (χ3n) is 1.45. The molecule has 0 amide bonds. The van der Waals surface area contributed by atoms with Gasteiger partial charge in [-0.15, -0.1) is 0 Å². The minimum atomic E-state index is -3.23. The molecule has 0 bridgehead atoms. The second-order valence-corrected chi connectivity index (χ2v) is 2.35. The van der Waals surface area contributed by atoms with Gasteiger partial charge in [0.25, 0.3) is 0 Å². The molecule has 76 valence electrons. The third kappa shape index (κ3) is 1.87. The summed E-state index contributed by atoms with van der Waals surface area (Å²) >= 11 is 0. The highest BCUT2D eigenvalue weighted by Gasteiger charge is 2.13. The predicted octanol–water partition coefficient (Wildman–Crippen LogP) is 0.980. The summed E-state index contributed by atoms with van der Waals surface area (Å²) in [5, 5.41) is 27.4. The molecule has 5 heteroatoms. The van der Waals surface area contributed by atoms with Crippen LogP contribution in [0.5, 0.6) is 17.2 Å². The Kier molecular flexibility index (Phi) is 1.41. The minimum absolute atomic E-state index is 0.513. The molecule has 0 fully saturated rings. The fraction of sp³-hybridized carbons (Fsp3) is 0.222. The van der Waals surface area contributed by atoms with Crippen LogP contribution in [0, 0.1) is 0 Å². The van der Waals surface area contributed by atoms with Gasteiger partial charge in [0.2, 0.25) is 0 Å². The second-order valence-electron chi connectivity index (χ2n) is 2.35. The van der Waals surface area contributed by atoms with Gasteiger partial charge < -0.3 is 20.1 Å². The summed E-state index contributed by atoms with van der Waals surface area (Å²) < 4.78 is 38.9. The Labute approximate surface area is 87.2 Å². The van der Waals surface area contributed by atoms with E-state index in [1.54, 1.807) is 0 Å². The van der Waals surface area contributed by atoms with Crippen LogP contribution in [-0.4, -0.2) is 27.8 Å². The number of carbonyl (C=O) groups is 1. The van der Waals surface area contributed by atoms with E-state index in [0.29, 0.717) is 12.1 Å². The molecule has 1 aromatic rings. The van der Waals surface area contributed by atoms with E-state index in [1.807, 2.05) is 0 Å². The quantitative estimate of drug-likeness (QED) is 0.492. The molecule has 0 aliphatic rings. The molecule has 0 heterocycles. The van der Waals surface area contributed by atoms with Gasteiger partial charge in [0, 0.05) is 4.11 Å². The zero-order valence-corrected chi connectivity index (χ0v) is 6.81. The van der Waals surface area contributed by atoms with E-state index < -0.39 is 42.2 Å². The maximum Gasteiger partial charge on any atom is 0.338 e. The zero-order valence-electron chi connectivity index (χ0n) is 11.8. The Bertz CT molecular complexity index is 487. The van der Waals surface area contributed by atoms with Crippen LogP contribution in [0.2, 0.25) is 0 Å². The van der Waals surface area contributed by atoms with Crippen molar-refractivity contribution in [2.45, 2.75) is 6.85 Å². The lowest BCUT2D eigenvalue weighted by molar-refractivity contribution is 0.0525. The van der Waals surface area contributed by atoms with Crippen molar-refractivity contribution in [1.29, 1.82) is 0 Å². The molecule has 0 spiro atoms. The summed E-state index contributed by atoms with van der Waals surface area (Å²) in [7, 11) is 0. The van der Waals surface area contributed by atoms with Crippen LogP contribution in [0.3, 0.4) is 0 Å². The van der Waals surface area contributed by atoms with Crippen molar-refractivity contribution in [2.24, 2.45) is 0 Å². The number of ether oxygens (including phenoxy) is 1. The molecule has 3 N–H and O–H groups in total. The molecule has 0 atom stereocenters. The van der Waals surface area contributed by atoms with Crippen LogP contribution in [0.4, 0.5) is 0 Å². The lowest BCUT2D eigenvalue weighted by atomic mass is 10.2. The average molecular weight is 203 g/mol. The van der Waals surface area contributed by atoms with Crippen LogP contribution in [-0.2, 0) is 4.74 Å². The Hall–Kier alpha value is -1.91. The first-order chi connectivity index (χ1) is 8.45. The van der Waals surface area contributed by atoms with Crippen molar-refractivity contribution in [3.8, 4) is 17.2 Å². The molecule has 0 unspecified atom stereocenters. The Morgan fingerprint density at radius 2 is 2.07 bits per heavy atom. The summed E-state index contributed by atoms with van der Waals surface area (Å²) in [6, 6.07) is 1.40. The number of carbonyl (C=O) groups excluding carboxylic acids is 1. The largest absolute Gasteiger partial charge is 0.504 e. The van der Waals surface area contributed by atoms with Crippen LogP contribution in [0.25, 0.3) is 0 Å². The van der Waals surface area contributed by atoms with Crippen molar-refractivity contribution in [3.05, 3.63) is 17.7 Å². The summed E-state index contributed by atoms with van der Waals surface area (Å²) in [5.74, 6) is -3.94. The van der Waals surface area contributed by atoms with E-state index in [9.17, 15) is 4.79 Å². The first-order valence-corrected chi connectivity index (χ1v) is 3.44. The fourth-order valence-electron chi connectivity index (χ4n) is 0.827. The summed E-state index contributed by atoms with van der Waals surface area (Å²) in [4.78, 5) is 11.5. The number of phenols is 3. The summed E-state index contributed by atoms with van der Waals surface area (Å²) in [6.07, 6.45) is 0. The molecule has 0 saturated heterocycles. The van der Waals surface area contributed by atoms with Gasteiger partial charge >= 0.3 is 5.97 Å². The Morgan fingerprint density at radius 1 is 1.50 bits per heavy atom. The number of aromatic hydroxyl groups is 3. The van der Waals surface area contributed by atoms with Gasteiger partial charge in [0.15, 0.2) is 17.2 Å². The average Bonchev–Trinajstić information content (AvgIpc) is 2.22. The van der Waals surface area contributed by atoms with E-state index in [4.69, 9.17) is 22.2 Å². The molecule has 0 saturated carbocycles. The highest BCUT2D eigenvalue weighted by atomic mass is 16.5. The maximum absolute atomic E-state index is 11.5. The highest BCUT2D eigenvalue weighted by Crippen LogP contribution is 2.35. The predicted molar refractivity (Wildman–Crippen MR) is 47.4 cm³/mol. The first kappa shape index (κ1) is 5.09. The Morgan fingerprint density at radius 3 is 2.57 bits per heavy atom. The molecule has 0 aliphatic carbocycles. The normalized spacial score (nSPS) is 17.0. The number of rotatable bonds is 2. The van der Waals surface area contributed by atoms with Crippen LogP contribution >= 0.6 is 0 Å². The second kappa shape index (κ2) is 3.87. The molecule has 0 radical (unpaired) electrons. The van der Waals surface area contributed by atoms with Crippen molar-refractivity contribution in [2.75, 3.05) is 6.56 Å². The van der Waals surface area contributed by atoms with Crippen molar-refractivity contribution >= 4 is 5.97 Å². The van der Waals surface area contributed by atoms with Gasteiger partial charge in [-0.3, -0.25) is 0 Å². The van der Waals surface area contributed by atoms with E-state index in [-0.39, 0.29) is 0 Å². The summed E-state index contributed by atoms with van der Waals surface area (Å²) in [6.45, 7) is -6.42. The highest BCUT2D eigenvalue weighted by molar-refractivity contribution is 5.91. The van der Waals surface area contributed by atoms with Crippen molar-refractivity contribution < 1.29 is 31.7 Å². The van der Waals surface area contributed by atoms with Gasteiger partial charge in [-0.05, 0) is 19.0 Å². The van der Waals surface area contributed by atoms with Gasteiger partial charge in [0.05, 0.1) is 14.9 Å². The molecular weight excluding hydrogens is 188 g/mol. The lowest BCUT2D eigenvalue weighted by Gasteiger charge is -2.04. The molecule has 1 aromatic carbocycles. The van der Waals surface area contributed by atoms with Crippen LogP contribution in [0.15, 0.2) is 12.1 Å². The smallest absolute Gasteiger partial charge is 0.338 e. The SMILES string of the molecule is [2H]C([2H])([2H])C([2H])([2H])OC(=O)c1cc(O)c(O)c(O)c1. The number of hydrogen-bond donors (Lipinski definition) is 3. The van der Waals surface area contributed by atoms with E-state index in [1.165, 1.54) is 0 Å². The number of benzene rings is 1. The van der Waals surface area contributed by atoms with E-state index in [2.05, 4.69) is 4.74 Å². The molecular formula is C9H10O5. The standard InChI is InChI=1S/C9H10O5/c1-2-14-9(13)5-3-6(10)8(12)7(11)4-5/h3-4,10-12H,2H2,1H3/i1D3,2D2. The van der Waals surface area contributed by atoms with Crippen molar-refractivity contribution in [3.63, 3.8) is 0 Å². The monoisotopic (exact) mass is 203 g/mol. The minimum Gasteiger partial charge on any atom is -0.504 e. The van der Waals surface area contributed by atoms with Crippen molar-refractivity contribution in [1.82, 2.24) is 0 Å². The number of esters is 1. The molecule has 14 heavy (non-hydrogen) atoms. The van der Waals surface area contributed by atoms with Gasteiger partial charge in [-0.25, -0.2) is 4.79 Å². The zero-order chi connectivity index (χ0) is 15.0. The summed E-state index contributed by atoms with van der Waals surface area (Å²) in [5.41, 5.74) is -0.513. The van der Waals surface area contributed by atoms with E-state index in [0.717, 1.165) is 0 Å². The fourth-order valence-corrected chi connectivity index (χ4v) is 0.827. The van der Waals surface area contributed by atoms with Gasteiger partial charge in [-0.2, -0.15) is 0 Å². The topological polar surface area (TPSA) is 87.0 Å². The molecule has 0 aliphatic heterocycles. The lowest BCUT2D eigenvalue weighted by Crippen LogP contribution is -2.04. The number of hydrogen-bond acceptors (Lipinski definition) is 5. The molecule has 0 aromatic heterocycles. The molecule has 1 rings (SSSR count). The molecule has 5 nitrogen and oxygen atoms in total. The third-order valence-corrected chi connectivity index (χ3v) is 1.45. The van der Waals surface area contributed by atoms with Crippen LogP contribution in [0.1, 0.15) is 24.1 Å². The van der Waals surface area contributed by atoms with Crippen LogP contribution < -0.4 is 0 Å². The van der Waals surface area contributed by atoms with E-state index >= 15 is 0 Å².